The van der Waals surface area contributed by atoms with Crippen molar-refractivity contribution in [1.82, 2.24) is 0 Å². The third-order valence-electron chi connectivity index (χ3n) is 1.11. The molecule has 62 valence electrons. The quantitative estimate of drug-likeness (QED) is 0.485. The Morgan fingerprint density at radius 1 is 0.583 bits per heavy atom. The molecule has 0 aliphatic heterocycles. The molecule has 0 aromatic heterocycles. The van der Waals surface area contributed by atoms with Gasteiger partial charge in [0.2, 0.25) is 0 Å². The van der Waals surface area contributed by atoms with Gasteiger partial charge in [-0.15, -0.1) is 0 Å². The van der Waals surface area contributed by atoms with Crippen molar-refractivity contribution in [3.8, 4) is 0 Å². The minimum Gasteiger partial charge on any atom is -0.214 e. The molecule has 0 amide bonds. The molecule has 0 heterocycles. The van der Waals surface area contributed by atoms with E-state index < -0.39 is 0 Å². The molecule has 2 aromatic carbocycles. The van der Waals surface area contributed by atoms with E-state index in [-0.39, 0.29) is 38.8 Å². The van der Waals surface area contributed by atoms with Crippen LogP contribution in [0, 0.1) is 0 Å². The Balaban J connectivity index is 0. The van der Waals surface area contributed by atoms with Crippen LogP contribution in [0.3, 0.4) is 0 Å². The largest absolute Gasteiger partial charge is 2.00 e. The fourth-order valence-corrected chi connectivity index (χ4v) is 0.642. The summed E-state index contributed by atoms with van der Waals surface area (Å²) in [7, 11) is 0. The summed E-state index contributed by atoms with van der Waals surface area (Å²) < 4.78 is 0. The first kappa shape index (κ1) is 14.5. The molecule has 0 saturated carbocycles. The summed E-state index contributed by atoms with van der Waals surface area (Å²) in [5, 5.41) is 0. The van der Waals surface area contributed by atoms with Crippen molar-refractivity contribution in [3.63, 3.8) is 0 Å². The third-order valence-corrected chi connectivity index (χ3v) is 1.11. The maximum atomic E-state index is 2.00. The summed E-state index contributed by atoms with van der Waals surface area (Å²) in [6.45, 7) is 0. The second kappa shape index (κ2) is 10.9. The van der Waals surface area contributed by atoms with Crippen LogP contribution in [-0.4, -0.2) is 0 Å². The molecule has 0 spiro atoms. The van der Waals surface area contributed by atoms with Gasteiger partial charge in [-0.1, -0.05) is 0 Å². The second-order valence-electron chi connectivity index (χ2n) is 1.92. The molecule has 2 heteroatoms. The Morgan fingerprint density at radius 2 is 0.833 bits per heavy atom. The van der Waals surface area contributed by atoms with Crippen molar-refractivity contribution in [2.45, 2.75) is 0 Å². The van der Waals surface area contributed by atoms with Gasteiger partial charge in [-0.25, -0.2) is 24.3 Å². The minimum absolute atomic E-state index is 0. The van der Waals surface area contributed by atoms with Crippen molar-refractivity contribution in [2.24, 2.45) is 0 Å². The van der Waals surface area contributed by atoms with Crippen LogP contribution in [-0.2, 0) is 38.8 Å². The molecule has 2 rings (SSSR count). The molecule has 0 atom stereocenters. The van der Waals surface area contributed by atoms with Crippen LogP contribution >= 0.6 is 0 Å². The maximum Gasteiger partial charge on any atom is 2.00 e. The van der Waals surface area contributed by atoms with Gasteiger partial charge in [0.05, 0.1) is 0 Å². The van der Waals surface area contributed by atoms with Gasteiger partial charge in [-0.3, -0.25) is 0 Å². The fraction of sp³-hybridized carbons (Fsp3) is 0. The normalized spacial score (nSPS) is 6.67. The zero-order valence-electron chi connectivity index (χ0n) is 6.63. The van der Waals surface area contributed by atoms with Crippen LogP contribution in [0.4, 0.5) is 0 Å². The van der Waals surface area contributed by atoms with Crippen molar-refractivity contribution in [1.29, 1.82) is 0 Å². The summed E-state index contributed by atoms with van der Waals surface area (Å²) >= 11 is 0. The van der Waals surface area contributed by atoms with Crippen LogP contribution in [0.15, 0.2) is 60.7 Å². The first-order valence-electron chi connectivity index (χ1n) is 3.33. The van der Waals surface area contributed by atoms with Crippen LogP contribution in [0.2, 0.25) is 0 Å². The Morgan fingerprint density at radius 3 is 0.917 bits per heavy atom. The topological polar surface area (TPSA) is 0 Å². The van der Waals surface area contributed by atoms with E-state index in [2.05, 4.69) is 0 Å². The first-order valence-corrected chi connectivity index (χ1v) is 3.33. The summed E-state index contributed by atoms with van der Waals surface area (Å²) in [5.74, 6) is 0. The molecule has 0 nitrogen and oxygen atoms in total. The van der Waals surface area contributed by atoms with Crippen LogP contribution < -0.4 is 0 Å². The predicted molar refractivity (Wildman–Crippen MR) is 44.1 cm³/mol. The van der Waals surface area contributed by atoms with Crippen molar-refractivity contribution >= 4 is 0 Å². The van der Waals surface area contributed by atoms with Gasteiger partial charge in [-0.2, -0.15) is 36.4 Å². The number of rotatable bonds is 0. The zero-order valence-corrected chi connectivity index (χ0v) is 9.29. The molecule has 0 aliphatic rings. The zero-order chi connectivity index (χ0) is 7.07. The smallest absolute Gasteiger partial charge is 0.214 e. The molecular formula is C10H10FeTi. The summed E-state index contributed by atoms with van der Waals surface area (Å²) in [4.78, 5) is 0. The Hall–Kier alpha value is -0.0662. The molecule has 0 N–H and O–H groups in total. The van der Waals surface area contributed by atoms with Crippen molar-refractivity contribution in [3.05, 3.63) is 60.7 Å². The van der Waals surface area contributed by atoms with E-state index in [4.69, 9.17) is 0 Å². The summed E-state index contributed by atoms with van der Waals surface area (Å²) in [6.07, 6.45) is 0. The number of hydrogen-bond donors (Lipinski definition) is 0. The number of hydrogen-bond acceptors (Lipinski definition) is 0. The third kappa shape index (κ3) is 8.03. The van der Waals surface area contributed by atoms with E-state index in [0.717, 1.165) is 0 Å². The van der Waals surface area contributed by atoms with Crippen molar-refractivity contribution < 1.29 is 38.8 Å². The van der Waals surface area contributed by atoms with Crippen LogP contribution in [0.5, 0.6) is 0 Å². The Labute approximate surface area is 99.1 Å². The Bertz CT molecular complexity index is 149. The minimum atomic E-state index is 0. The molecule has 0 aliphatic carbocycles. The van der Waals surface area contributed by atoms with Crippen LogP contribution in [0.1, 0.15) is 0 Å². The first-order chi connectivity index (χ1) is 5.00. The standard InChI is InChI=1S/2C5H5.Fe.Ti/c2*1-2-4-5-3-1;;/h2*1-5H;;/q2*-1;+2;. The van der Waals surface area contributed by atoms with Gasteiger partial charge < -0.3 is 0 Å². The fourth-order valence-electron chi connectivity index (χ4n) is 0.642. The van der Waals surface area contributed by atoms with Crippen molar-refractivity contribution in [2.75, 3.05) is 0 Å². The molecular weight excluding hydrogens is 224 g/mol. The SMILES string of the molecule is [Fe+2].[Ti].c1cc[cH-]c1.c1cc[cH-]c1. The summed E-state index contributed by atoms with van der Waals surface area (Å²) in [5.41, 5.74) is 0. The van der Waals surface area contributed by atoms with E-state index >= 15 is 0 Å². The maximum absolute atomic E-state index is 2.00. The van der Waals surface area contributed by atoms with E-state index in [1.807, 2.05) is 60.7 Å². The summed E-state index contributed by atoms with van der Waals surface area (Å²) in [6, 6.07) is 20.0. The van der Waals surface area contributed by atoms with E-state index in [9.17, 15) is 0 Å². The van der Waals surface area contributed by atoms with E-state index in [0.29, 0.717) is 0 Å². The van der Waals surface area contributed by atoms with Gasteiger partial charge in [0.15, 0.2) is 0 Å². The monoisotopic (exact) mass is 234 g/mol. The molecule has 0 unspecified atom stereocenters. The van der Waals surface area contributed by atoms with Gasteiger partial charge >= 0.3 is 17.1 Å². The molecule has 12 heavy (non-hydrogen) atoms. The molecule has 0 saturated heterocycles. The van der Waals surface area contributed by atoms with E-state index in [1.54, 1.807) is 0 Å². The molecule has 2 aromatic rings. The van der Waals surface area contributed by atoms with Gasteiger partial charge in [0, 0.05) is 21.7 Å². The van der Waals surface area contributed by atoms with Gasteiger partial charge in [-0.05, 0) is 0 Å². The van der Waals surface area contributed by atoms with Crippen LogP contribution in [0.25, 0.3) is 0 Å². The van der Waals surface area contributed by atoms with Gasteiger partial charge in [0.1, 0.15) is 0 Å². The Kier molecular flexibility index (Phi) is 13.2. The predicted octanol–water partition coefficient (Wildman–Crippen LogP) is 2.81. The van der Waals surface area contributed by atoms with E-state index in [1.165, 1.54) is 0 Å². The molecule has 0 fully saturated rings. The second-order valence-corrected chi connectivity index (χ2v) is 1.92. The molecule has 0 radical (unpaired) electrons. The average Bonchev–Trinajstić information content (AvgIpc) is 2.67. The molecule has 0 bridgehead atoms. The van der Waals surface area contributed by atoms with Gasteiger partial charge in [0.25, 0.3) is 0 Å². The average molecular weight is 234 g/mol.